The van der Waals surface area contributed by atoms with Crippen LogP contribution in [0.3, 0.4) is 0 Å². The summed E-state index contributed by atoms with van der Waals surface area (Å²) in [4.78, 5) is 16.2. The molecule has 1 aromatic rings. The summed E-state index contributed by atoms with van der Waals surface area (Å²) in [6.45, 7) is 3.79. The number of hydrogen-bond donors (Lipinski definition) is 2. The topological polar surface area (TPSA) is 70.9 Å². The van der Waals surface area contributed by atoms with Crippen molar-refractivity contribution in [3.63, 3.8) is 0 Å². The van der Waals surface area contributed by atoms with Crippen molar-refractivity contribution in [3.8, 4) is 5.75 Å². The Balaban J connectivity index is 2.53. The number of nitrogens with zero attached hydrogens (tertiary/aromatic N) is 1. The number of rotatable bonds is 4. The Morgan fingerprint density at radius 1 is 1.48 bits per heavy atom. The number of benzene rings is 1. The fraction of sp³-hybridized carbons (Fsp3) is 0.333. The molecule has 1 atom stereocenters. The third-order valence-electron chi connectivity index (χ3n) is 3.16. The molecule has 0 fully saturated rings. The number of nitrogens with one attached hydrogen (secondary N) is 1. The van der Waals surface area contributed by atoms with Crippen LogP contribution < -0.4 is 10.1 Å². The first-order valence-corrected chi connectivity index (χ1v) is 7.61. The van der Waals surface area contributed by atoms with Gasteiger partial charge in [-0.05, 0) is 18.7 Å². The van der Waals surface area contributed by atoms with Crippen LogP contribution >= 0.6 is 11.8 Å². The predicted octanol–water partition coefficient (Wildman–Crippen LogP) is 2.81. The van der Waals surface area contributed by atoms with E-state index in [-0.39, 0.29) is 5.57 Å². The minimum absolute atomic E-state index is 0.250. The van der Waals surface area contributed by atoms with Crippen molar-refractivity contribution in [1.82, 2.24) is 5.32 Å². The van der Waals surface area contributed by atoms with E-state index in [1.165, 1.54) is 0 Å². The molecule has 0 radical (unpaired) electrons. The van der Waals surface area contributed by atoms with E-state index < -0.39 is 12.0 Å². The molecule has 21 heavy (non-hydrogen) atoms. The first-order valence-electron chi connectivity index (χ1n) is 6.63. The minimum atomic E-state index is -0.972. The van der Waals surface area contributed by atoms with Crippen molar-refractivity contribution in [2.24, 2.45) is 4.99 Å². The zero-order chi connectivity index (χ0) is 15.4. The number of ether oxygens (including phenoxy) is 1. The molecule has 0 spiro atoms. The standard InChI is InChI=1S/C15H18N2O3S/c1-4-21-15-16-9(2)12(14(18)19)13(17-15)10-7-5-6-8-11(10)20-3/h5-8,13H,4H2,1-3H3,(H,16,17)(H,18,19). The monoisotopic (exact) mass is 306 g/mol. The van der Waals surface area contributed by atoms with Gasteiger partial charge in [-0.2, -0.15) is 0 Å². The number of carboxylic acids is 1. The van der Waals surface area contributed by atoms with Gasteiger partial charge in [0, 0.05) is 11.3 Å². The summed E-state index contributed by atoms with van der Waals surface area (Å²) < 4.78 is 5.35. The van der Waals surface area contributed by atoms with Gasteiger partial charge in [-0.25, -0.2) is 9.79 Å². The normalized spacial score (nSPS) is 18.0. The third kappa shape index (κ3) is 3.21. The summed E-state index contributed by atoms with van der Waals surface area (Å²) >= 11 is 1.55. The number of amidine groups is 1. The van der Waals surface area contributed by atoms with Crippen molar-refractivity contribution in [2.75, 3.05) is 12.9 Å². The molecule has 1 aliphatic rings. The highest BCUT2D eigenvalue weighted by molar-refractivity contribution is 8.13. The molecule has 0 aliphatic carbocycles. The summed E-state index contributed by atoms with van der Waals surface area (Å²) in [6, 6.07) is 6.81. The van der Waals surface area contributed by atoms with Crippen molar-refractivity contribution in [1.29, 1.82) is 0 Å². The van der Waals surface area contributed by atoms with Crippen LogP contribution in [0.5, 0.6) is 5.75 Å². The summed E-state index contributed by atoms with van der Waals surface area (Å²) in [5, 5.41) is 13.3. The second-order valence-corrected chi connectivity index (χ2v) is 5.73. The Labute approximate surface area is 128 Å². The summed E-state index contributed by atoms with van der Waals surface area (Å²) in [5.41, 5.74) is 1.62. The molecular formula is C15H18N2O3S. The number of allylic oxidation sites excluding steroid dienone is 1. The van der Waals surface area contributed by atoms with Crippen LogP contribution in [0.1, 0.15) is 25.5 Å². The fourth-order valence-corrected chi connectivity index (χ4v) is 2.93. The highest BCUT2D eigenvalue weighted by Crippen LogP contribution is 2.36. The average molecular weight is 306 g/mol. The first-order chi connectivity index (χ1) is 10.1. The van der Waals surface area contributed by atoms with Crippen LogP contribution in [-0.2, 0) is 4.79 Å². The van der Waals surface area contributed by atoms with E-state index >= 15 is 0 Å². The Morgan fingerprint density at radius 3 is 2.81 bits per heavy atom. The molecule has 6 heteroatoms. The number of carboxylic acid groups (broad SMARTS) is 1. The van der Waals surface area contributed by atoms with E-state index in [0.717, 1.165) is 16.5 Å². The molecule has 2 N–H and O–H groups in total. The number of para-hydroxylation sites is 1. The number of carbonyl (C=O) groups is 1. The molecule has 0 saturated heterocycles. The zero-order valence-electron chi connectivity index (χ0n) is 12.2. The molecule has 0 aromatic heterocycles. The predicted molar refractivity (Wildman–Crippen MR) is 84.8 cm³/mol. The third-order valence-corrected chi connectivity index (χ3v) is 3.93. The molecule has 1 heterocycles. The molecule has 2 rings (SSSR count). The lowest BCUT2D eigenvalue weighted by atomic mass is 9.96. The molecule has 0 amide bonds. The summed E-state index contributed by atoms with van der Waals surface area (Å²) in [6.07, 6.45) is 0. The number of aliphatic carboxylic acids is 1. The van der Waals surface area contributed by atoms with Crippen LogP contribution in [0, 0.1) is 0 Å². The van der Waals surface area contributed by atoms with E-state index in [4.69, 9.17) is 4.74 Å². The van der Waals surface area contributed by atoms with E-state index in [9.17, 15) is 9.90 Å². The maximum atomic E-state index is 11.6. The van der Waals surface area contributed by atoms with Gasteiger partial charge in [-0.15, -0.1) is 0 Å². The summed E-state index contributed by atoms with van der Waals surface area (Å²) in [7, 11) is 1.57. The largest absolute Gasteiger partial charge is 0.496 e. The van der Waals surface area contributed by atoms with E-state index in [1.54, 1.807) is 25.8 Å². The van der Waals surface area contributed by atoms with Gasteiger partial charge in [0.05, 0.1) is 12.7 Å². The molecular weight excluding hydrogens is 288 g/mol. The lowest BCUT2D eigenvalue weighted by Gasteiger charge is -2.25. The van der Waals surface area contributed by atoms with Crippen LogP contribution in [-0.4, -0.2) is 29.1 Å². The lowest BCUT2D eigenvalue weighted by molar-refractivity contribution is -0.133. The maximum absolute atomic E-state index is 11.6. The number of hydrogen-bond acceptors (Lipinski definition) is 5. The Kier molecular flexibility index (Phi) is 4.90. The van der Waals surface area contributed by atoms with Gasteiger partial charge >= 0.3 is 5.97 Å². The first kappa shape index (κ1) is 15.4. The Morgan fingerprint density at radius 2 is 2.19 bits per heavy atom. The second kappa shape index (κ2) is 6.67. The lowest BCUT2D eigenvalue weighted by Crippen LogP contribution is -2.30. The van der Waals surface area contributed by atoms with Crippen molar-refractivity contribution in [3.05, 3.63) is 41.1 Å². The van der Waals surface area contributed by atoms with Crippen molar-refractivity contribution in [2.45, 2.75) is 19.9 Å². The molecule has 1 unspecified atom stereocenters. The number of methoxy groups -OCH3 is 1. The van der Waals surface area contributed by atoms with Crippen LogP contribution in [0.2, 0.25) is 0 Å². The quantitative estimate of drug-likeness (QED) is 0.895. The zero-order valence-corrected chi connectivity index (χ0v) is 13.0. The van der Waals surface area contributed by atoms with Gasteiger partial charge in [-0.3, -0.25) is 0 Å². The molecule has 1 aromatic carbocycles. The maximum Gasteiger partial charge on any atom is 0.335 e. The molecule has 0 saturated carbocycles. The molecule has 1 aliphatic heterocycles. The van der Waals surface area contributed by atoms with Crippen LogP contribution in [0.15, 0.2) is 40.5 Å². The van der Waals surface area contributed by atoms with Gasteiger partial charge in [-0.1, -0.05) is 36.9 Å². The van der Waals surface area contributed by atoms with Gasteiger partial charge in [0.1, 0.15) is 11.8 Å². The highest BCUT2D eigenvalue weighted by Gasteiger charge is 2.30. The molecule has 112 valence electrons. The van der Waals surface area contributed by atoms with E-state index in [0.29, 0.717) is 11.4 Å². The van der Waals surface area contributed by atoms with Gasteiger partial charge in [0.2, 0.25) is 0 Å². The fourth-order valence-electron chi connectivity index (χ4n) is 2.25. The van der Waals surface area contributed by atoms with Gasteiger partial charge < -0.3 is 15.2 Å². The summed E-state index contributed by atoms with van der Waals surface area (Å²) in [5.74, 6) is 0.529. The van der Waals surface area contributed by atoms with Gasteiger partial charge in [0.25, 0.3) is 0 Å². The van der Waals surface area contributed by atoms with Gasteiger partial charge in [0.15, 0.2) is 5.17 Å². The average Bonchev–Trinajstić information content (AvgIpc) is 2.46. The smallest absolute Gasteiger partial charge is 0.335 e. The van der Waals surface area contributed by atoms with E-state index in [1.807, 2.05) is 31.2 Å². The SMILES string of the molecule is CCSC1=NC(c2ccccc2OC)C(C(=O)O)=C(C)N1. The Hall–Kier alpha value is -1.95. The van der Waals surface area contributed by atoms with E-state index in [2.05, 4.69) is 10.3 Å². The highest BCUT2D eigenvalue weighted by atomic mass is 32.2. The van der Waals surface area contributed by atoms with Crippen molar-refractivity contribution >= 4 is 22.9 Å². The number of thioether (sulfide) groups is 1. The van der Waals surface area contributed by atoms with Crippen LogP contribution in [0.4, 0.5) is 0 Å². The molecule has 5 nitrogen and oxygen atoms in total. The van der Waals surface area contributed by atoms with Crippen molar-refractivity contribution < 1.29 is 14.6 Å². The molecule has 0 bridgehead atoms. The number of aliphatic imine (C=N–C) groups is 1. The second-order valence-electron chi connectivity index (χ2n) is 4.48. The van der Waals surface area contributed by atoms with Crippen LogP contribution in [0.25, 0.3) is 0 Å². The minimum Gasteiger partial charge on any atom is -0.496 e. The Bertz CT molecular complexity index is 611.